The standard InChI is InChI=1S/C58H35N5O/c1-2-11-38(12-3-1)46-18-9-19-51-54(46)48-28-24-39-13-6-7-17-47(39)55(48)63(51)45-26-22-37(23-27-45)41-15-8-16-42(32-41)56-60-57(43-21-20-36-10-4-5-14-40(36)33-43)62-58(61-56)44-25-29-52-49(34-44)50-35-59-31-30-53(50)64-52/h1-35H. The van der Waals surface area contributed by atoms with Crippen molar-refractivity contribution >= 4 is 65.3 Å². The van der Waals surface area contributed by atoms with E-state index in [1.165, 1.54) is 43.7 Å². The number of hydrogen-bond donors (Lipinski definition) is 0. The summed E-state index contributed by atoms with van der Waals surface area (Å²) in [6.07, 6.45) is 3.59. The van der Waals surface area contributed by atoms with Crippen LogP contribution in [-0.2, 0) is 0 Å². The highest BCUT2D eigenvalue weighted by molar-refractivity contribution is 6.22. The van der Waals surface area contributed by atoms with Crippen molar-refractivity contribution in [3.8, 4) is 62.1 Å². The maximum Gasteiger partial charge on any atom is 0.164 e. The fraction of sp³-hybridized carbons (Fsp3) is 0. The SMILES string of the molecule is c1ccc(-c2cccc3c2c2ccc4ccccc4c2n3-c2ccc(-c3cccc(-c4nc(-c5ccc6ccccc6c5)nc(-c5ccc6oc7ccncc7c6c5)n4)c3)cc2)cc1. The lowest BCUT2D eigenvalue weighted by atomic mass is 9.98. The van der Waals surface area contributed by atoms with Gasteiger partial charge in [0.15, 0.2) is 17.5 Å². The molecule has 0 aliphatic rings. The van der Waals surface area contributed by atoms with E-state index in [2.05, 4.69) is 192 Å². The van der Waals surface area contributed by atoms with Gasteiger partial charge in [-0.15, -0.1) is 0 Å². The summed E-state index contributed by atoms with van der Waals surface area (Å²) < 4.78 is 8.57. The van der Waals surface area contributed by atoms with E-state index < -0.39 is 0 Å². The van der Waals surface area contributed by atoms with Gasteiger partial charge in [-0.3, -0.25) is 4.98 Å². The van der Waals surface area contributed by atoms with Crippen LogP contribution >= 0.6 is 0 Å². The van der Waals surface area contributed by atoms with Crippen LogP contribution in [0.2, 0.25) is 0 Å². The molecular weight excluding hydrogens is 783 g/mol. The first-order valence-electron chi connectivity index (χ1n) is 21.4. The van der Waals surface area contributed by atoms with Crippen molar-refractivity contribution < 1.29 is 4.42 Å². The Bertz CT molecular complexity index is 3960. The van der Waals surface area contributed by atoms with Crippen molar-refractivity contribution in [2.24, 2.45) is 0 Å². The van der Waals surface area contributed by atoms with E-state index in [0.717, 1.165) is 66.2 Å². The highest BCUT2D eigenvalue weighted by Gasteiger charge is 2.19. The zero-order valence-corrected chi connectivity index (χ0v) is 34.4. The summed E-state index contributed by atoms with van der Waals surface area (Å²) in [6, 6.07) is 70.7. The number of benzene rings is 9. The summed E-state index contributed by atoms with van der Waals surface area (Å²) in [5.74, 6) is 1.78. The zero-order valence-electron chi connectivity index (χ0n) is 34.4. The Kier molecular flexibility index (Phi) is 8.11. The average Bonchev–Trinajstić information content (AvgIpc) is 3.92. The minimum Gasteiger partial charge on any atom is -0.456 e. The van der Waals surface area contributed by atoms with E-state index in [1.54, 1.807) is 6.20 Å². The molecule has 0 radical (unpaired) electrons. The quantitative estimate of drug-likeness (QED) is 0.167. The van der Waals surface area contributed by atoms with Crippen LogP contribution in [0.4, 0.5) is 0 Å². The van der Waals surface area contributed by atoms with Gasteiger partial charge in [0, 0.05) is 61.7 Å². The van der Waals surface area contributed by atoms with Gasteiger partial charge in [0.25, 0.3) is 0 Å². The second-order valence-electron chi connectivity index (χ2n) is 16.3. The molecule has 0 saturated heterocycles. The third kappa shape index (κ3) is 5.88. The van der Waals surface area contributed by atoms with Gasteiger partial charge in [0.05, 0.1) is 11.0 Å². The van der Waals surface area contributed by atoms with Crippen LogP contribution < -0.4 is 0 Å². The smallest absolute Gasteiger partial charge is 0.164 e. The molecule has 0 aliphatic heterocycles. The lowest BCUT2D eigenvalue weighted by molar-refractivity contribution is 0.668. The second kappa shape index (κ2) is 14.4. The molecule has 0 spiro atoms. The largest absolute Gasteiger partial charge is 0.456 e. The van der Waals surface area contributed by atoms with E-state index in [-0.39, 0.29) is 0 Å². The van der Waals surface area contributed by atoms with Crippen molar-refractivity contribution in [2.75, 3.05) is 0 Å². The van der Waals surface area contributed by atoms with E-state index in [1.807, 2.05) is 24.4 Å². The molecule has 0 amide bonds. The van der Waals surface area contributed by atoms with Crippen molar-refractivity contribution in [2.45, 2.75) is 0 Å². The van der Waals surface area contributed by atoms with E-state index in [4.69, 9.17) is 19.4 Å². The fourth-order valence-electron chi connectivity index (χ4n) is 9.45. The molecule has 0 aliphatic carbocycles. The van der Waals surface area contributed by atoms with Gasteiger partial charge in [-0.2, -0.15) is 0 Å². The Labute approximate surface area is 367 Å². The summed E-state index contributed by atoms with van der Waals surface area (Å²) in [5.41, 5.74) is 12.3. The van der Waals surface area contributed by atoms with Crippen molar-refractivity contribution in [3.05, 3.63) is 213 Å². The first-order chi connectivity index (χ1) is 31.7. The number of pyridine rings is 1. The Morgan fingerprint density at radius 2 is 1.02 bits per heavy atom. The third-order valence-corrected chi connectivity index (χ3v) is 12.5. The Morgan fingerprint density at radius 1 is 0.375 bits per heavy atom. The summed E-state index contributed by atoms with van der Waals surface area (Å²) in [5, 5.41) is 9.12. The predicted octanol–water partition coefficient (Wildman–Crippen LogP) is 14.9. The molecular formula is C58H35N5O. The summed E-state index contributed by atoms with van der Waals surface area (Å²) >= 11 is 0. The van der Waals surface area contributed by atoms with E-state index in [0.29, 0.717) is 17.5 Å². The molecule has 0 unspecified atom stereocenters. The number of fused-ring (bicyclic) bond motifs is 9. The second-order valence-corrected chi connectivity index (χ2v) is 16.3. The maximum atomic E-state index is 6.14. The van der Waals surface area contributed by atoms with Crippen molar-refractivity contribution in [1.82, 2.24) is 24.5 Å². The molecule has 13 aromatic rings. The number of nitrogens with zero attached hydrogens (tertiary/aromatic N) is 5. The monoisotopic (exact) mass is 817 g/mol. The molecule has 13 rings (SSSR count). The first kappa shape index (κ1) is 36.0. The van der Waals surface area contributed by atoms with Crippen LogP contribution in [0.5, 0.6) is 0 Å². The first-order valence-corrected chi connectivity index (χ1v) is 21.4. The van der Waals surface area contributed by atoms with Crippen LogP contribution in [0.25, 0.3) is 127 Å². The highest BCUT2D eigenvalue weighted by Crippen LogP contribution is 2.42. The Morgan fingerprint density at radius 3 is 1.86 bits per heavy atom. The Hall–Kier alpha value is -8.74. The molecule has 0 bridgehead atoms. The number of rotatable bonds is 6. The van der Waals surface area contributed by atoms with Gasteiger partial charge in [-0.1, -0.05) is 146 Å². The van der Waals surface area contributed by atoms with Gasteiger partial charge < -0.3 is 8.98 Å². The van der Waals surface area contributed by atoms with E-state index >= 15 is 0 Å². The molecule has 0 atom stereocenters. The molecule has 4 heterocycles. The van der Waals surface area contributed by atoms with E-state index in [9.17, 15) is 0 Å². The normalized spacial score (nSPS) is 11.8. The summed E-state index contributed by atoms with van der Waals surface area (Å²) in [7, 11) is 0. The zero-order chi connectivity index (χ0) is 42.1. The lowest BCUT2D eigenvalue weighted by Gasteiger charge is -2.12. The molecule has 0 fully saturated rings. The summed E-state index contributed by atoms with van der Waals surface area (Å²) in [4.78, 5) is 19.8. The fourth-order valence-corrected chi connectivity index (χ4v) is 9.45. The Balaban J connectivity index is 0.935. The highest BCUT2D eigenvalue weighted by atomic mass is 16.3. The van der Waals surface area contributed by atoms with Gasteiger partial charge in [-0.25, -0.2) is 15.0 Å². The van der Waals surface area contributed by atoms with Crippen LogP contribution in [0.1, 0.15) is 0 Å². The van der Waals surface area contributed by atoms with Crippen LogP contribution in [0.3, 0.4) is 0 Å². The molecule has 9 aromatic carbocycles. The predicted molar refractivity (Wildman–Crippen MR) is 261 cm³/mol. The van der Waals surface area contributed by atoms with Crippen LogP contribution in [0, 0.1) is 0 Å². The molecule has 4 aromatic heterocycles. The van der Waals surface area contributed by atoms with Crippen LogP contribution in [0.15, 0.2) is 217 Å². The topological polar surface area (TPSA) is 69.6 Å². The van der Waals surface area contributed by atoms with Gasteiger partial charge in [0.1, 0.15) is 11.2 Å². The van der Waals surface area contributed by atoms with Crippen LogP contribution in [-0.4, -0.2) is 24.5 Å². The average molecular weight is 818 g/mol. The lowest BCUT2D eigenvalue weighted by Crippen LogP contribution is -2.00. The molecule has 0 saturated carbocycles. The van der Waals surface area contributed by atoms with Gasteiger partial charge >= 0.3 is 0 Å². The minimum atomic E-state index is 0.581. The molecule has 0 N–H and O–H groups in total. The number of hydrogen-bond acceptors (Lipinski definition) is 5. The molecule has 6 heteroatoms. The third-order valence-electron chi connectivity index (χ3n) is 12.5. The molecule has 298 valence electrons. The number of aromatic nitrogens is 5. The maximum absolute atomic E-state index is 6.14. The summed E-state index contributed by atoms with van der Waals surface area (Å²) in [6.45, 7) is 0. The minimum absolute atomic E-state index is 0.581. The molecule has 6 nitrogen and oxygen atoms in total. The van der Waals surface area contributed by atoms with Crippen molar-refractivity contribution in [1.29, 1.82) is 0 Å². The van der Waals surface area contributed by atoms with Gasteiger partial charge in [0.2, 0.25) is 0 Å². The van der Waals surface area contributed by atoms with Crippen molar-refractivity contribution in [3.63, 3.8) is 0 Å². The van der Waals surface area contributed by atoms with Gasteiger partial charge in [-0.05, 0) is 93.0 Å². The molecule has 64 heavy (non-hydrogen) atoms. The number of furan rings is 1.